The summed E-state index contributed by atoms with van der Waals surface area (Å²) in [4.78, 5) is 20.1. The minimum atomic E-state index is -4.48. The molecule has 3 atom stereocenters. The molecule has 2 saturated heterocycles. The molecule has 0 saturated carbocycles. The molecule has 7 nitrogen and oxygen atoms in total. The number of nitrogens with zero attached hydrogens (tertiary/aromatic N) is 5. The Kier molecular flexibility index (Phi) is 4.83. The van der Waals surface area contributed by atoms with E-state index in [2.05, 4.69) is 15.2 Å². The third kappa shape index (κ3) is 3.57. The summed E-state index contributed by atoms with van der Waals surface area (Å²) < 4.78 is 58.1. The van der Waals surface area contributed by atoms with Crippen molar-refractivity contribution in [3.63, 3.8) is 0 Å². The van der Waals surface area contributed by atoms with Crippen molar-refractivity contribution < 1.29 is 27.1 Å². The van der Waals surface area contributed by atoms with Gasteiger partial charge in [0.25, 0.3) is 5.91 Å². The van der Waals surface area contributed by atoms with Crippen molar-refractivity contribution in [2.24, 2.45) is 0 Å². The molecule has 0 aliphatic carbocycles. The Balaban J connectivity index is 1.38. The molecule has 2 fully saturated rings. The average Bonchev–Trinajstić information content (AvgIpc) is 3.49. The first-order valence-electron chi connectivity index (χ1n) is 10.00. The number of hydrogen-bond donors (Lipinski definition) is 0. The molecule has 2 aliphatic heterocycles. The first-order valence-corrected chi connectivity index (χ1v) is 10.00. The first kappa shape index (κ1) is 20.4. The highest BCUT2D eigenvalue weighted by atomic mass is 19.4. The number of pyridine rings is 1. The maximum Gasteiger partial charge on any atom is 0.417 e. The Morgan fingerprint density at radius 1 is 1.09 bits per heavy atom. The van der Waals surface area contributed by atoms with Crippen molar-refractivity contribution in [3.8, 4) is 11.6 Å². The second kappa shape index (κ2) is 7.57. The van der Waals surface area contributed by atoms with E-state index in [1.54, 1.807) is 4.90 Å². The highest BCUT2D eigenvalue weighted by Gasteiger charge is 2.50. The number of carbonyl (C=O) groups excluding carboxylic acids is 1. The quantitative estimate of drug-likeness (QED) is 0.571. The molecular weight excluding hydrogens is 430 g/mol. The van der Waals surface area contributed by atoms with Crippen LogP contribution in [0.2, 0.25) is 0 Å². The number of aromatic nitrogens is 4. The maximum atomic E-state index is 14.0. The van der Waals surface area contributed by atoms with E-state index in [0.29, 0.717) is 18.5 Å². The molecule has 1 aromatic carbocycles. The fraction of sp³-hybridized carbons (Fsp3) is 0.333. The van der Waals surface area contributed by atoms with Gasteiger partial charge in [-0.25, -0.2) is 9.37 Å². The monoisotopic (exact) mass is 447 g/mol. The number of fused-ring (bicyclic) bond motifs is 2. The van der Waals surface area contributed by atoms with E-state index in [-0.39, 0.29) is 29.4 Å². The average molecular weight is 447 g/mol. The molecule has 2 aromatic heterocycles. The molecule has 1 amide bonds. The van der Waals surface area contributed by atoms with Crippen molar-refractivity contribution in [1.29, 1.82) is 0 Å². The van der Waals surface area contributed by atoms with Crippen LogP contribution in [0.5, 0.6) is 5.88 Å². The van der Waals surface area contributed by atoms with Gasteiger partial charge in [0.05, 0.1) is 35.2 Å². The van der Waals surface area contributed by atoms with Crippen LogP contribution in [-0.4, -0.2) is 49.0 Å². The Morgan fingerprint density at radius 2 is 1.88 bits per heavy atom. The van der Waals surface area contributed by atoms with E-state index in [1.165, 1.54) is 35.4 Å². The Hall–Kier alpha value is -3.50. The predicted octanol–water partition coefficient (Wildman–Crippen LogP) is 3.64. The van der Waals surface area contributed by atoms with E-state index in [9.17, 15) is 22.4 Å². The van der Waals surface area contributed by atoms with Crippen molar-refractivity contribution in [2.75, 3.05) is 0 Å². The van der Waals surface area contributed by atoms with Crippen LogP contribution >= 0.6 is 0 Å². The molecule has 4 heterocycles. The second-order valence-corrected chi connectivity index (χ2v) is 7.77. The number of hydrogen-bond acceptors (Lipinski definition) is 5. The van der Waals surface area contributed by atoms with E-state index in [1.807, 2.05) is 0 Å². The summed E-state index contributed by atoms with van der Waals surface area (Å²) in [6, 6.07) is 5.51. The van der Waals surface area contributed by atoms with Gasteiger partial charge in [-0.3, -0.25) is 4.79 Å². The summed E-state index contributed by atoms with van der Waals surface area (Å²) >= 11 is 0. The van der Waals surface area contributed by atoms with E-state index in [0.717, 1.165) is 24.8 Å². The Labute approximate surface area is 179 Å². The van der Waals surface area contributed by atoms with Crippen molar-refractivity contribution in [1.82, 2.24) is 24.9 Å². The number of rotatable bonds is 4. The molecule has 2 aliphatic rings. The van der Waals surface area contributed by atoms with Crippen molar-refractivity contribution >= 4 is 5.91 Å². The zero-order chi connectivity index (χ0) is 22.5. The Bertz CT molecular complexity index is 1130. The summed E-state index contributed by atoms with van der Waals surface area (Å²) in [5.41, 5.74) is -0.374. The lowest BCUT2D eigenvalue weighted by molar-refractivity contribution is -0.137. The van der Waals surface area contributed by atoms with Crippen molar-refractivity contribution in [2.45, 2.75) is 43.6 Å². The van der Waals surface area contributed by atoms with Gasteiger partial charge in [0.15, 0.2) is 0 Å². The SMILES string of the molecule is O=C(c1cc(F)ccc1-n1nccn1)N1C2CCC1C(Oc1ccc(C(F)(F)F)cn1)C2. The molecule has 5 rings (SSSR count). The molecule has 3 unspecified atom stereocenters. The van der Waals surface area contributed by atoms with E-state index >= 15 is 0 Å². The van der Waals surface area contributed by atoms with E-state index < -0.39 is 23.7 Å². The normalized spacial score (nSPS) is 22.4. The number of halogens is 4. The van der Waals surface area contributed by atoms with Crippen LogP contribution < -0.4 is 4.74 Å². The first-order chi connectivity index (χ1) is 15.3. The van der Waals surface area contributed by atoms with Gasteiger partial charge in [0, 0.05) is 24.7 Å². The van der Waals surface area contributed by atoms with Gasteiger partial charge in [0.2, 0.25) is 5.88 Å². The molecule has 0 radical (unpaired) electrons. The van der Waals surface area contributed by atoms with Crippen LogP contribution in [0.4, 0.5) is 17.6 Å². The largest absolute Gasteiger partial charge is 0.472 e. The Morgan fingerprint density at radius 3 is 2.56 bits per heavy atom. The fourth-order valence-electron chi connectivity index (χ4n) is 4.48. The zero-order valence-corrected chi connectivity index (χ0v) is 16.5. The minimum absolute atomic E-state index is 0.0649. The maximum absolute atomic E-state index is 14.0. The van der Waals surface area contributed by atoms with Crippen LogP contribution in [0.3, 0.4) is 0 Å². The van der Waals surface area contributed by atoms with Gasteiger partial charge >= 0.3 is 6.18 Å². The molecule has 0 N–H and O–H groups in total. The summed E-state index contributed by atoms with van der Waals surface area (Å²) in [5, 5.41) is 8.07. The van der Waals surface area contributed by atoms with Gasteiger partial charge in [0.1, 0.15) is 11.9 Å². The summed E-state index contributed by atoms with van der Waals surface area (Å²) in [6.07, 6.45) is 0.699. The summed E-state index contributed by atoms with van der Waals surface area (Å²) in [5.74, 6) is -0.858. The topological polar surface area (TPSA) is 73.1 Å². The molecule has 32 heavy (non-hydrogen) atoms. The summed E-state index contributed by atoms with van der Waals surface area (Å²) in [7, 11) is 0. The van der Waals surface area contributed by atoms with Crippen molar-refractivity contribution in [3.05, 3.63) is 65.9 Å². The number of alkyl halides is 3. The molecule has 0 spiro atoms. The lowest BCUT2D eigenvalue weighted by atomic mass is 9.98. The number of amides is 1. The van der Waals surface area contributed by atoms with Gasteiger partial charge in [-0.05, 0) is 37.1 Å². The lowest BCUT2D eigenvalue weighted by Gasteiger charge is -2.25. The zero-order valence-electron chi connectivity index (χ0n) is 16.5. The fourth-order valence-corrected chi connectivity index (χ4v) is 4.48. The molecular formula is C21H17F4N5O2. The smallest absolute Gasteiger partial charge is 0.417 e. The van der Waals surface area contributed by atoms with Crippen LogP contribution in [-0.2, 0) is 6.18 Å². The van der Waals surface area contributed by atoms with Crippen LogP contribution in [0, 0.1) is 5.82 Å². The van der Waals surface area contributed by atoms with E-state index in [4.69, 9.17) is 4.74 Å². The molecule has 2 bridgehead atoms. The van der Waals surface area contributed by atoms with Gasteiger partial charge in [-0.15, -0.1) is 0 Å². The predicted molar refractivity (Wildman–Crippen MR) is 103 cm³/mol. The van der Waals surface area contributed by atoms with Crippen LogP contribution in [0.15, 0.2) is 48.9 Å². The highest BCUT2D eigenvalue weighted by molar-refractivity contribution is 5.98. The van der Waals surface area contributed by atoms with Gasteiger partial charge in [-0.1, -0.05) is 0 Å². The minimum Gasteiger partial charge on any atom is -0.472 e. The number of benzene rings is 1. The lowest BCUT2D eigenvalue weighted by Crippen LogP contribution is -2.39. The van der Waals surface area contributed by atoms with Crippen LogP contribution in [0.25, 0.3) is 5.69 Å². The third-order valence-corrected chi connectivity index (χ3v) is 5.87. The highest BCUT2D eigenvalue weighted by Crippen LogP contribution is 2.41. The second-order valence-electron chi connectivity index (χ2n) is 7.77. The molecule has 3 aromatic rings. The molecule has 166 valence electrons. The molecule has 11 heteroatoms. The third-order valence-electron chi connectivity index (χ3n) is 5.87. The summed E-state index contributed by atoms with van der Waals surface area (Å²) in [6.45, 7) is 0. The standard InChI is InChI=1S/C21H17F4N5O2/c22-13-2-4-16(30-27-7-8-28-30)15(9-13)20(31)29-14-3-5-17(29)18(10-14)32-19-6-1-12(11-26-19)21(23,24)25/h1-2,4,6-9,11,14,17-18H,3,5,10H2. The number of ether oxygens (including phenoxy) is 1. The van der Waals surface area contributed by atoms with Gasteiger partial charge in [-0.2, -0.15) is 28.2 Å². The van der Waals surface area contributed by atoms with Crippen LogP contribution in [0.1, 0.15) is 35.2 Å². The van der Waals surface area contributed by atoms with Gasteiger partial charge < -0.3 is 9.64 Å². The number of carbonyl (C=O) groups is 1.